The molecule has 98 valence electrons. The molecule has 0 unspecified atom stereocenters. The molecule has 0 saturated carbocycles. The van der Waals surface area contributed by atoms with Gasteiger partial charge in [-0.25, -0.2) is 4.39 Å². The SMILES string of the molecule is CC(C)N1CN(Cc2ccc(F)cc2O)CC1=O. The van der Waals surface area contributed by atoms with E-state index in [2.05, 4.69) is 0 Å². The predicted molar refractivity (Wildman–Crippen MR) is 65.3 cm³/mol. The molecule has 18 heavy (non-hydrogen) atoms. The van der Waals surface area contributed by atoms with Crippen LogP contribution in [0.25, 0.3) is 0 Å². The lowest BCUT2D eigenvalue weighted by molar-refractivity contribution is -0.128. The summed E-state index contributed by atoms with van der Waals surface area (Å²) in [6.07, 6.45) is 0. The minimum atomic E-state index is -0.461. The highest BCUT2D eigenvalue weighted by atomic mass is 19.1. The summed E-state index contributed by atoms with van der Waals surface area (Å²) >= 11 is 0. The molecular weight excluding hydrogens is 235 g/mol. The normalized spacial score (nSPS) is 16.9. The van der Waals surface area contributed by atoms with Crippen LogP contribution in [0.2, 0.25) is 0 Å². The number of phenolic OH excluding ortho intramolecular Hbond substituents is 1. The van der Waals surface area contributed by atoms with E-state index >= 15 is 0 Å². The van der Waals surface area contributed by atoms with Crippen LogP contribution >= 0.6 is 0 Å². The van der Waals surface area contributed by atoms with E-state index in [1.807, 2.05) is 18.7 Å². The van der Waals surface area contributed by atoms with Crippen molar-refractivity contribution in [1.82, 2.24) is 9.80 Å². The number of carbonyl (C=O) groups excluding carboxylic acids is 1. The second kappa shape index (κ2) is 4.94. The van der Waals surface area contributed by atoms with Crippen molar-refractivity contribution < 1.29 is 14.3 Å². The average molecular weight is 252 g/mol. The van der Waals surface area contributed by atoms with Gasteiger partial charge >= 0.3 is 0 Å². The van der Waals surface area contributed by atoms with Crippen molar-refractivity contribution in [1.29, 1.82) is 0 Å². The number of amides is 1. The first-order chi connectivity index (χ1) is 8.47. The van der Waals surface area contributed by atoms with Gasteiger partial charge in [0.05, 0.1) is 13.2 Å². The monoisotopic (exact) mass is 252 g/mol. The van der Waals surface area contributed by atoms with Crippen LogP contribution in [0, 0.1) is 5.82 Å². The summed E-state index contributed by atoms with van der Waals surface area (Å²) in [5, 5.41) is 9.63. The molecule has 1 heterocycles. The van der Waals surface area contributed by atoms with E-state index in [1.165, 1.54) is 6.07 Å². The Bertz CT molecular complexity index is 462. The van der Waals surface area contributed by atoms with E-state index in [9.17, 15) is 14.3 Å². The highest BCUT2D eigenvalue weighted by Crippen LogP contribution is 2.22. The third kappa shape index (κ3) is 2.61. The van der Waals surface area contributed by atoms with Crippen LogP contribution in [-0.2, 0) is 11.3 Å². The molecule has 1 aliphatic rings. The number of rotatable bonds is 3. The summed E-state index contributed by atoms with van der Waals surface area (Å²) in [5.74, 6) is -0.436. The topological polar surface area (TPSA) is 43.8 Å². The first-order valence-electron chi connectivity index (χ1n) is 5.96. The second-order valence-corrected chi connectivity index (χ2v) is 4.86. The van der Waals surface area contributed by atoms with E-state index in [1.54, 1.807) is 11.0 Å². The third-order valence-corrected chi connectivity index (χ3v) is 3.10. The van der Waals surface area contributed by atoms with E-state index in [0.29, 0.717) is 25.3 Å². The molecule has 4 nitrogen and oxygen atoms in total. The molecule has 1 aromatic carbocycles. The average Bonchev–Trinajstić information content (AvgIpc) is 2.64. The van der Waals surface area contributed by atoms with Crippen LogP contribution in [0.5, 0.6) is 5.75 Å². The first-order valence-corrected chi connectivity index (χ1v) is 5.96. The smallest absolute Gasteiger partial charge is 0.238 e. The van der Waals surface area contributed by atoms with Gasteiger partial charge in [0.2, 0.25) is 5.91 Å². The number of benzene rings is 1. The fraction of sp³-hybridized carbons (Fsp3) is 0.462. The lowest BCUT2D eigenvalue weighted by atomic mass is 10.2. The zero-order valence-corrected chi connectivity index (χ0v) is 10.6. The Labute approximate surface area is 106 Å². The molecule has 1 N–H and O–H groups in total. The molecule has 1 aliphatic heterocycles. The molecule has 0 atom stereocenters. The number of halogens is 1. The number of hydrogen-bond acceptors (Lipinski definition) is 3. The zero-order chi connectivity index (χ0) is 13.3. The Morgan fingerprint density at radius 3 is 2.72 bits per heavy atom. The third-order valence-electron chi connectivity index (χ3n) is 3.10. The van der Waals surface area contributed by atoms with Crippen LogP contribution in [0.1, 0.15) is 19.4 Å². The van der Waals surface area contributed by atoms with E-state index in [4.69, 9.17) is 0 Å². The number of hydrogen-bond donors (Lipinski definition) is 1. The Hall–Kier alpha value is -1.62. The molecule has 1 saturated heterocycles. The van der Waals surface area contributed by atoms with Crippen molar-refractivity contribution in [2.24, 2.45) is 0 Å². The molecule has 5 heteroatoms. The quantitative estimate of drug-likeness (QED) is 0.887. The van der Waals surface area contributed by atoms with Gasteiger partial charge in [0, 0.05) is 24.2 Å². The largest absolute Gasteiger partial charge is 0.508 e. The molecule has 1 fully saturated rings. The van der Waals surface area contributed by atoms with Crippen molar-refractivity contribution >= 4 is 5.91 Å². The molecule has 0 aromatic heterocycles. The molecule has 0 bridgehead atoms. The van der Waals surface area contributed by atoms with Crippen LogP contribution in [0.4, 0.5) is 4.39 Å². The van der Waals surface area contributed by atoms with Crippen molar-refractivity contribution in [3.63, 3.8) is 0 Å². The molecular formula is C13H17FN2O2. The summed E-state index contributed by atoms with van der Waals surface area (Å²) in [6, 6.07) is 4.12. The van der Waals surface area contributed by atoms with Gasteiger partial charge in [-0.1, -0.05) is 6.07 Å². The van der Waals surface area contributed by atoms with Gasteiger partial charge < -0.3 is 10.0 Å². The van der Waals surface area contributed by atoms with Crippen LogP contribution in [-0.4, -0.2) is 40.1 Å². The molecule has 0 radical (unpaired) electrons. The van der Waals surface area contributed by atoms with Crippen molar-refractivity contribution in [3.05, 3.63) is 29.6 Å². The summed E-state index contributed by atoms with van der Waals surface area (Å²) in [7, 11) is 0. The molecule has 1 amide bonds. The van der Waals surface area contributed by atoms with Gasteiger partial charge in [-0.05, 0) is 19.9 Å². The van der Waals surface area contributed by atoms with E-state index < -0.39 is 5.82 Å². The maximum atomic E-state index is 12.9. The van der Waals surface area contributed by atoms with Gasteiger partial charge in [-0.15, -0.1) is 0 Å². The van der Waals surface area contributed by atoms with Gasteiger partial charge in [-0.2, -0.15) is 0 Å². The summed E-state index contributed by atoms with van der Waals surface area (Å²) in [6.45, 7) is 5.27. The lowest BCUT2D eigenvalue weighted by Crippen LogP contribution is -2.33. The van der Waals surface area contributed by atoms with Crippen molar-refractivity contribution in [2.75, 3.05) is 13.2 Å². The Morgan fingerprint density at radius 2 is 2.17 bits per heavy atom. The van der Waals surface area contributed by atoms with Gasteiger partial charge in [0.25, 0.3) is 0 Å². The number of nitrogens with zero attached hydrogens (tertiary/aromatic N) is 2. The summed E-state index contributed by atoms with van der Waals surface area (Å²) in [4.78, 5) is 15.4. The zero-order valence-electron chi connectivity index (χ0n) is 10.6. The van der Waals surface area contributed by atoms with Crippen LogP contribution in [0.15, 0.2) is 18.2 Å². The minimum Gasteiger partial charge on any atom is -0.508 e. The summed E-state index contributed by atoms with van der Waals surface area (Å²) in [5.41, 5.74) is 0.634. The van der Waals surface area contributed by atoms with Gasteiger partial charge in [-0.3, -0.25) is 9.69 Å². The Balaban J connectivity index is 2.05. The number of carbonyl (C=O) groups is 1. The van der Waals surface area contributed by atoms with E-state index in [-0.39, 0.29) is 17.7 Å². The minimum absolute atomic E-state index is 0.0644. The number of phenols is 1. The molecule has 2 rings (SSSR count). The maximum absolute atomic E-state index is 12.9. The maximum Gasteiger partial charge on any atom is 0.238 e. The molecule has 0 aliphatic carbocycles. The Kier molecular flexibility index (Phi) is 3.52. The Morgan fingerprint density at radius 1 is 1.44 bits per heavy atom. The van der Waals surface area contributed by atoms with Gasteiger partial charge in [0.1, 0.15) is 11.6 Å². The fourth-order valence-corrected chi connectivity index (χ4v) is 2.10. The van der Waals surface area contributed by atoms with Crippen molar-refractivity contribution in [3.8, 4) is 5.75 Å². The standard InChI is InChI=1S/C13H17FN2O2/c1-9(2)16-8-15(7-13(16)18)6-10-3-4-11(14)5-12(10)17/h3-5,9,17H,6-8H2,1-2H3. The second-order valence-electron chi connectivity index (χ2n) is 4.86. The first kappa shape index (κ1) is 12.8. The molecule has 0 spiro atoms. The predicted octanol–water partition coefficient (Wildman–Crippen LogP) is 1.54. The van der Waals surface area contributed by atoms with Crippen molar-refractivity contribution in [2.45, 2.75) is 26.4 Å². The number of aromatic hydroxyl groups is 1. The highest BCUT2D eigenvalue weighted by molar-refractivity contribution is 5.80. The highest BCUT2D eigenvalue weighted by Gasteiger charge is 2.29. The summed E-state index contributed by atoms with van der Waals surface area (Å²) < 4.78 is 12.9. The van der Waals surface area contributed by atoms with Gasteiger partial charge in [0.15, 0.2) is 0 Å². The lowest BCUT2D eigenvalue weighted by Gasteiger charge is -2.21. The van der Waals surface area contributed by atoms with Crippen LogP contribution in [0.3, 0.4) is 0 Å². The fourth-order valence-electron chi connectivity index (χ4n) is 2.10. The molecule has 1 aromatic rings. The van der Waals surface area contributed by atoms with E-state index in [0.717, 1.165) is 6.07 Å². The van der Waals surface area contributed by atoms with Crippen LogP contribution < -0.4 is 0 Å².